The molecule has 58 valence electrons. The maximum Gasteiger partial charge on any atom is 0.151 e. The number of ketones is 1. The van der Waals surface area contributed by atoms with Crippen molar-refractivity contribution in [3.05, 3.63) is 0 Å². The van der Waals surface area contributed by atoms with Gasteiger partial charge in [0.25, 0.3) is 0 Å². The Morgan fingerprint density at radius 3 is 2.80 bits per heavy atom. The standard InChI is InChI=1S/C8H15NO/c1-3-4-7-8(10)5-6-9(7)2/h7H,3-6H2,1-2H3. The van der Waals surface area contributed by atoms with Crippen LogP contribution in [0.2, 0.25) is 0 Å². The molecule has 1 unspecified atom stereocenters. The molecule has 0 spiro atoms. The van der Waals surface area contributed by atoms with Gasteiger partial charge in [0.05, 0.1) is 6.04 Å². The molecule has 0 amide bonds. The first-order valence-electron chi connectivity index (χ1n) is 3.98. The van der Waals surface area contributed by atoms with Gasteiger partial charge in [0, 0.05) is 13.0 Å². The first-order chi connectivity index (χ1) is 4.75. The lowest BCUT2D eigenvalue weighted by Gasteiger charge is -2.16. The molecule has 2 nitrogen and oxygen atoms in total. The van der Waals surface area contributed by atoms with Crippen LogP contribution in [0.15, 0.2) is 0 Å². The number of carbonyl (C=O) groups is 1. The molecule has 1 rings (SSSR count). The SMILES string of the molecule is CCCC1C(=O)CCN1C. The van der Waals surface area contributed by atoms with Crippen molar-refractivity contribution in [2.24, 2.45) is 0 Å². The monoisotopic (exact) mass is 141 g/mol. The minimum absolute atomic E-state index is 0.241. The van der Waals surface area contributed by atoms with Crippen LogP contribution in [-0.4, -0.2) is 30.3 Å². The van der Waals surface area contributed by atoms with Crippen LogP contribution in [0.1, 0.15) is 26.2 Å². The van der Waals surface area contributed by atoms with E-state index in [0.29, 0.717) is 5.78 Å². The Labute approximate surface area is 62.2 Å². The number of likely N-dealkylation sites (tertiary alicyclic amines) is 1. The van der Waals surface area contributed by atoms with Gasteiger partial charge in [-0.3, -0.25) is 9.69 Å². The highest BCUT2D eigenvalue weighted by Crippen LogP contribution is 2.15. The van der Waals surface area contributed by atoms with Gasteiger partial charge in [0.2, 0.25) is 0 Å². The Hall–Kier alpha value is -0.370. The van der Waals surface area contributed by atoms with E-state index in [9.17, 15) is 4.79 Å². The molecule has 0 aliphatic carbocycles. The van der Waals surface area contributed by atoms with E-state index in [1.807, 2.05) is 7.05 Å². The lowest BCUT2D eigenvalue weighted by Crippen LogP contribution is -2.28. The van der Waals surface area contributed by atoms with Gasteiger partial charge in [-0.1, -0.05) is 13.3 Å². The molecule has 0 N–H and O–H groups in total. The maximum absolute atomic E-state index is 11.1. The van der Waals surface area contributed by atoms with E-state index in [-0.39, 0.29) is 6.04 Å². The van der Waals surface area contributed by atoms with E-state index in [0.717, 1.165) is 25.8 Å². The zero-order valence-electron chi connectivity index (χ0n) is 6.76. The number of rotatable bonds is 2. The van der Waals surface area contributed by atoms with Crippen LogP contribution in [0.5, 0.6) is 0 Å². The largest absolute Gasteiger partial charge is 0.298 e. The van der Waals surface area contributed by atoms with E-state index < -0.39 is 0 Å². The topological polar surface area (TPSA) is 20.3 Å². The van der Waals surface area contributed by atoms with Gasteiger partial charge in [0.15, 0.2) is 5.78 Å². The summed E-state index contributed by atoms with van der Waals surface area (Å²) in [5.74, 6) is 0.435. The van der Waals surface area contributed by atoms with E-state index in [1.165, 1.54) is 0 Å². The number of hydrogen-bond donors (Lipinski definition) is 0. The summed E-state index contributed by atoms with van der Waals surface area (Å²) in [6, 6.07) is 0.241. The number of Topliss-reactive ketones (excluding diaryl/α,β-unsaturated/α-hetero) is 1. The van der Waals surface area contributed by atoms with Crippen molar-refractivity contribution in [3.63, 3.8) is 0 Å². The van der Waals surface area contributed by atoms with Crippen molar-refractivity contribution in [1.82, 2.24) is 4.90 Å². The van der Waals surface area contributed by atoms with Crippen molar-refractivity contribution in [2.75, 3.05) is 13.6 Å². The molecular formula is C8H15NO. The van der Waals surface area contributed by atoms with Crippen LogP contribution in [0.4, 0.5) is 0 Å². The molecule has 1 saturated heterocycles. The van der Waals surface area contributed by atoms with Crippen molar-refractivity contribution < 1.29 is 4.79 Å². The molecule has 1 aliphatic heterocycles. The highest BCUT2D eigenvalue weighted by molar-refractivity contribution is 5.86. The van der Waals surface area contributed by atoms with E-state index in [1.54, 1.807) is 0 Å². The molecule has 0 aromatic heterocycles. The molecular weight excluding hydrogens is 126 g/mol. The molecule has 2 heteroatoms. The summed E-state index contributed by atoms with van der Waals surface area (Å²) in [5.41, 5.74) is 0. The minimum Gasteiger partial charge on any atom is -0.298 e. The third-order valence-corrected chi connectivity index (χ3v) is 2.18. The Morgan fingerprint density at radius 2 is 2.40 bits per heavy atom. The molecule has 1 heterocycles. The summed E-state index contributed by atoms with van der Waals surface area (Å²) < 4.78 is 0. The second-order valence-electron chi connectivity index (χ2n) is 3.00. The molecule has 0 aromatic carbocycles. The molecule has 1 aliphatic rings. The summed E-state index contributed by atoms with van der Waals surface area (Å²) in [6.07, 6.45) is 2.91. The summed E-state index contributed by atoms with van der Waals surface area (Å²) in [7, 11) is 2.03. The number of hydrogen-bond acceptors (Lipinski definition) is 2. The third-order valence-electron chi connectivity index (χ3n) is 2.18. The van der Waals surface area contributed by atoms with Crippen molar-refractivity contribution >= 4 is 5.78 Å². The Bertz CT molecular complexity index is 133. The molecule has 1 atom stereocenters. The Morgan fingerprint density at radius 1 is 1.70 bits per heavy atom. The quantitative estimate of drug-likeness (QED) is 0.573. The lowest BCUT2D eigenvalue weighted by atomic mass is 10.1. The lowest BCUT2D eigenvalue weighted by molar-refractivity contribution is -0.119. The Kier molecular flexibility index (Phi) is 2.44. The molecule has 0 aromatic rings. The van der Waals surface area contributed by atoms with Crippen LogP contribution >= 0.6 is 0 Å². The van der Waals surface area contributed by atoms with Crippen LogP contribution in [0.3, 0.4) is 0 Å². The zero-order valence-corrected chi connectivity index (χ0v) is 6.76. The number of likely N-dealkylation sites (N-methyl/N-ethyl adjacent to an activating group) is 1. The normalized spacial score (nSPS) is 27.8. The summed E-state index contributed by atoms with van der Waals surface area (Å²) in [6.45, 7) is 3.09. The molecule has 10 heavy (non-hydrogen) atoms. The number of nitrogens with zero attached hydrogens (tertiary/aromatic N) is 1. The predicted molar refractivity (Wildman–Crippen MR) is 41.0 cm³/mol. The van der Waals surface area contributed by atoms with Crippen molar-refractivity contribution in [1.29, 1.82) is 0 Å². The maximum atomic E-state index is 11.1. The van der Waals surface area contributed by atoms with E-state index in [4.69, 9.17) is 0 Å². The first kappa shape index (κ1) is 7.73. The highest BCUT2D eigenvalue weighted by Gasteiger charge is 2.27. The Balaban J connectivity index is 2.46. The first-order valence-corrected chi connectivity index (χ1v) is 3.98. The molecule has 0 saturated carbocycles. The average Bonchev–Trinajstić information content (AvgIpc) is 2.20. The fourth-order valence-corrected chi connectivity index (χ4v) is 1.51. The van der Waals surface area contributed by atoms with Crippen LogP contribution in [0, 0.1) is 0 Å². The van der Waals surface area contributed by atoms with Gasteiger partial charge < -0.3 is 0 Å². The second-order valence-corrected chi connectivity index (χ2v) is 3.00. The fraction of sp³-hybridized carbons (Fsp3) is 0.875. The van der Waals surface area contributed by atoms with Crippen molar-refractivity contribution in [3.8, 4) is 0 Å². The van der Waals surface area contributed by atoms with Crippen molar-refractivity contribution in [2.45, 2.75) is 32.2 Å². The summed E-state index contributed by atoms with van der Waals surface area (Å²) in [4.78, 5) is 13.3. The van der Waals surface area contributed by atoms with Gasteiger partial charge in [-0.15, -0.1) is 0 Å². The van der Waals surface area contributed by atoms with Crippen LogP contribution in [-0.2, 0) is 4.79 Å². The van der Waals surface area contributed by atoms with Gasteiger partial charge in [0.1, 0.15) is 0 Å². The van der Waals surface area contributed by atoms with Crippen LogP contribution < -0.4 is 0 Å². The third kappa shape index (κ3) is 1.37. The minimum atomic E-state index is 0.241. The van der Waals surface area contributed by atoms with E-state index in [2.05, 4.69) is 11.8 Å². The van der Waals surface area contributed by atoms with Gasteiger partial charge >= 0.3 is 0 Å². The average molecular weight is 141 g/mol. The zero-order chi connectivity index (χ0) is 7.56. The summed E-state index contributed by atoms with van der Waals surface area (Å²) >= 11 is 0. The molecule has 1 fully saturated rings. The van der Waals surface area contributed by atoms with Crippen LogP contribution in [0.25, 0.3) is 0 Å². The highest BCUT2D eigenvalue weighted by atomic mass is 16.1. The number of carbonyl (C=O) groups excluding carboxylic acids is 1. The van der Waals surface area contributed by atoms with Gasteiger partial charge in [-0.05, 0) is 13.5 Å². The smallest absolute Gasteiger partial charge is 0.151 e. The predicted octanol–water partition coefficient (Wildman–Crippen LogP) is 1.06. The second kappa shape index (κ2) is 3.15. The molecule has 0 radical (unpaired) electrons. The van der Waals surface area contributed by atoms with Gasteiger partial charge in [-0.25, -0.2) is 0 Å². The molecule has 0 bridgehead atoms. The van der Waals surface area contributed by atoms with E-state index >= 15 is 0 Å². The fourth-order valence-electron chi connectivity index (χ4n) is 1.51. The summed E-state index contributed by atoms with van der Waals surface area (Å²) in [5, 5.41) is 0. The van der Waals surface area contributed by atoms with Gasteiger partial charge in [-0.2, -0.15) is 0 Å².